The Hall–Kier alpha value is -2.77. The fraction of sp³-hybridized carbons (Fsp3) is 0.267. The van der Waals surface area contributed by atoms with Crippen LogP contribution in [0.5, 0.6) is 0 Å². The van der Waals surface area contributed by atoms with E-state index in [1.165, 1.54) is 18.5 Å². The molecule has 0 unspecified atom stereocenters. The summed E-state index contributed by atoms with van der Waals surface area (Å²) in [6.07, 6.45) is 1.45. The Morgan fingerprint density at radius 1 is 1.22 bits per heavy atom. The van der Waals surface area contributed by atoms with Gasteiger partial charge in [0.25, 0.3) is 0 Å². The molecule has 2 N–H and O–H groups in total. The number of aryl methyl sites for hydroxylation is 1. The highest BCUT2D eigenvalue weighted by molar-refractivity contribution is 5.83. The molecule has 0 atom stereocenters. The number of nitrogen functional groups attached to an aromatic ring is 1. The van der Waals surface area contributed by atoms with Crippen LogP contribution in [0.3, 0.4) is 0 Å². The summed E-state index contributed by atoms with van der Waals surface area (Å²) in [5.41, 5.74) is 7.07. The first-order valence-corrected chi connectivity index (χ1v) is 6.97. The van der Waals surface area contributed by atoms with Gasteiger partial charge in [0.1, 0.15) is 17.2 Å². The van der Waals surface area contributed by atoms with Crippen molar-refractivity contribution in [1.29, 1.82) is 0 Å². The van der Waals surface area contributed by atoms with E-state index in [1.54, 1.807) is 30.5 Å². The number of benzene rings is 1. The van der Waals surface area contributed by atoms with Crippen molar-refractivity contribution in [3.05, 3.63) is 41.2 Å². The molecule has 3 rings (SSSR count). The largest absolute Gasteiger partial charge is 0.382 e. The van der Waals surface area contributed by atoms with Gasteiger partial charge in [0.2, 0.25) is 5.95 Å². The second kappa shape index (κ2) is 5.45. The third-order valence-electron chi connectivity index (χ3n) is 3.59. The van der Waals surface area contributed by atoms with Gasteiger partial charge in [0, 0.05) is 19.7 Å². The molecule has 120 valence electrons. The summed E-state index contributed by atoms with van der Waals surface area (Å²) in [6, 6.07) is 2.66. The van der Waals surface area contributed by atoms with Gasteiger partial charge >= 0.3 is 0 Å². The number of hydrogen-bond donors (Lipinski definition) is 1. The molecule has 1 aromatic carbocycles. The van der Waals surface area contributed by atoms with Crippen LogP contribution in [-0.4, -0.2) is 33.6 Å². The highest BCUT2D eigenvalue weighted by Crippen LogP contribution is 2.22. The molecule has 0 spiro atoms. The molecule has 0 radical (unpaired) electrons. The summed E-state index contributed by atoms with van der Waals surface area (Å²) in [5, 5.41) is 0. The first-order chi connectivity index (χ1) is 10.9. The van der Waals surface area contributed by atoms with Crippen LogP contribution in [0.25, 0.3) is 11.2 Å². The first-order valence-electron chi connectivity index (χ1n) is 6.97. The van der Waals surface area contributed by atoms with E-state index in [4.69, 9.17) is 5.73 Å². The molecule has 0 saturated heterocycles. The fourth-order valence-electron chi connectivity index (χ4n) is 2.30. The number of hydrogen-bond acceptors (Lipinski definition) is 5. The predicted molar refractivity (Wildman–Crippen MR) is 84.3 cm³/mol. The first kappa shape index (κ1) is 15.1. The van der Waals surface area contributed by atoms with E-state index in [-0.39, 0.29) is 17.9 Å². The standard InChI is InChI=1S/C15H16F2N6/c1-8-4-5-10(16)9(11(8)17)6-23-7-19-12-13(18)20-15(22(2)3)21-14(12)23/h4-5,7H,6H2,1-3H3,(H2,18,20,21). The molecule has 3 aromatic rings. The Labute approximate surface area is 131 Å². The summed E-state index contributed by atoms with van der Waals surface area (Å²) < 4.78 is 29.7. The van der Waals surface area contributed by atoms with Gasteiger partial charge in [-0.25, -0.2) is 13.8 Å². The monoisotopic (exact) mass is 318 g/mol. The average Bonchev–Trinajstić information content (AvgIpc) is 2.91. The van der Waals surface area contributed by atoms with Gasteiger partial charge in [-0.15, -0.1) is 0 Å². The molecule has 0 bridgehead atoms. The van der Waals surface area contributed by atoms with Gasteiger partial charge in [-0.05, 0) is 18.6 Å². The molecular formula is C15H16F2N6. The number of imidazole rings is 1. The Kier molecular flexibility index (Phi) is 3.59. The molecule has 0 aliphatic carbocycles. The van der Waals surface area contributed by atoms with E-state index >= 15 is 0 Å². The number of halogens is 2. The topological polar surface area (TPSA) is 72.9 Å². The highest BCUT2D eigenvalue weighted by atomic mass is 19.1. The van der Waals surface area contributed by atoms with Crippen LogP contribution >= 0.6 is 0 Å². The van der Waals surface area contributed by atoms with Gasteiger partial charge in [-0.1, -0.05) is 6.07 Å². The number of nitrogens with zero attached hydrogens (tertiary/aromatic N) is 5. The molecule has 0 saturated carbocycles. The van der Waals surface area contributed by atoms with Crippen molar-refractivity contribution in [2.45, 2.75) is 13.5 Å². The third kappa shape index (κ3) is 2.56. The molecule has 23 heavy (non-hydrogen) atoms. The van der Waals surface area contributed by atoms with Crippen LogP contribution in [0.4, 0.5) is 20.5 Å². The van der Waals surface area contributed by atoms with Crippen LogP contribution in [-0.2, 0) is 6.54 Å². The van der Waals surface area contributed by atoms with Crippen molar-refractivity contribution in [2.24, 2.45) is 0 Å². The third-order valence-corrected chi connectivity index (χ3v) is 3.59. The number of aromatic nitrogens is 4. The van der Waals surface area contributed by atoms with Crippen molar-refractivity contribution in [3.8, 4) is 0 Å². The van der Waals surface area contributed by atoms with Crippen molar-refractivity contribution >= 4 is 22.9 Å². The fourth-order valence-corrected chi connectivity index (χ4v) is 2.30. The Balaban J connectivity index is 2.13. The van der Waals surface area contributed by atoms with E-state index in [1.807, 2.05) is 0 Å². The molecule has 2 heterocycles. The maximum Gasteiger partial charge on any atom is 0.228 e. The normalized spacial score (nSPS) is 11.2. The molecule has 8 heteroatoms. The zero-order chi connectivity index (χ0) is 16.7. The minimum absolute atomic E-state index is 0.0286. The van der Waals surface area contributed by atoms with E-state index < -0.39 is 11.6 Å². The van der Waals surface area contributed by atoms with Gasteiger partial charge in [0.05, 0.1) is 12.9 Å². The quantitative estimate of drug-likeness (QED) is 0.801. The number of anilines is 2. The lowest BCUT2D eigenvalue weighted by Gasteiger charge is -2.12. The van der Waals surface area contributed by atoms with E-state index in [9.17, 15) is 8.78 Å². The molecule has 0 aliphatic rings. The Morgan fingerprint density at radius 3 is 2.65 bits per heavy atom. The lowest BCUT2D eigenvalue weighted by atomic mass is 10.1. The van der Waals surface area contributed by atoms with E-state index in [0.717, 1.165) is 0 Å². The average molecular weight is 318 g/mol. The van der Waals surface area contributed by atoms with Crippen LogP contribution in [0.15, 0.2) is 18.5 Å². The summed E-state index contributed by atoms with van der Waals surface area (Å²) in [5.74, 6) is -0.545. The second-order valence-electron chi connectivity index (χ2n) is 5.50. The minimum Gasteiger partial charge on any atom is -0.382 e. The summed E-state index contributed by atoms with van der Waals surface area (Å²) in [4.78, 5) is 14.3. The van der Waals surface area contributed by atoms with E-state index in [2.05, 4.69) is 15.0 Å². The molecule has 0 aliphatic heterocycles. The van der Waals surface area contributed by atoms with E-state index in [0.29, 0.717) is 22.7 Å². The number of nitrogens with two attached hydrogens (primary N) is 1. The zero-order valence-corrected chi connectivity index (χ0v) is 13.0. The Morgan fingerprint density at radius 2 is 1.96 bits per heavy atom. The Bertz CT molecular complexity index is 887. The minimum atomic E-state index is -0.607. The van der Waals surface area contributed by atoms with Gasteiger partial charge in [-0.2, -0.15) is 9.97 Å². The van der Waals surface area contributed by atoms with Crippen LogP contribution in [0.1, 0.15) is 11.1 Å². The van der Waals surface area contributed by atoms with Crippen molar-refractivity contribution < 1.29 is 8.78 Å². The maximum atomic E-state index is 14.2. The summed E-state index contributed by atoms with van der Waals surface area (Å²) in [6.45, 7) is 1.56. The molecule has 0 amide bonds. The summed E-state index contributed by atoms with van der Waals surface area (Å²) >= 11 is 0. The SMILES string of the molecule is Cc1ccc(F)c(Cn2cnc3c(N)nc(N(C)C)nc32)c1F. The summed E-state index contributed by atoms with van der Waals surface area (Å²) in [7, 11) is 3.56. The van der Waals surface area contributed by atoms with Gasteiger partial charge in [-0.3, -0.25) is 0 Å². The lowest BCUT2D eigenvalue weighted by Crippen LogP contribution is -2.14. The van der Waals surface area contributed by atoms with Crippen molar-refractivity contribution in [2.75, 3.05) is 24.7 Å². The highest BCUT2D eigenvalue weighted by Gasteiger charge is 2.16. The smallest absolute Gasteiger partial charge is 0.228 e. The van der Waals surface area contributed by atoms with Crippen LogP contribution in [0, 0.1) is 18.6 Å². The van der Waals surface area contributed by atoms with Crippen LogP contribution < -0.4 is 10.6 Å². The van der Waals surface area contributed by atoms with Crippen molar-refractivity contribution in [1.82, 2.24) is 19.5 Å². The number of fused-ring (bicyclic) bond motifs is 1. The van der Waals surface area contributed by atoms with Gasteiger partial charge < -0.3 is 15.2 Å². The van der Waals surface area contributed by atoms with Gasteiger partial charge in [0.15, 0.2) is 11.5 Å². The molecular weight excluding hydrogens is 302 g/mol. The maximum absolute atomic E-state index is 14.2. The lowest BCUT2D eigenvalue weighted by molar-refractivity contribution is 0.541. The predicted octanol–water partition coefficient (Wildman–Crippen LogP) is 2.11. The van der Waals surface area contributed by atoms with Crippen LogP contribution in [0.2, 0.25) is 0 Å². The molecule has 6 nitrogen and oxygen atoms in total. The molecule has 2 aromatic heterocycles. The number of rotatable bonds is 3. The zero-order valence-electron chi connectivity index (χ0n) is 13.0. The van der Waals surface area contributed by atoms with Crippen molar-refractivity contribution in [3.63, 3.8) is 0 Å². The molecule has 0 fully saturated rings. The second-order valence-corrected chi connectivity index (χ2v) is 5.50.